The van der Waals surface area contributed by atoms with E-state index in [0.29, 0.717) is 5.58 Å². The van der Waals surface area contributed by atoms with E-state index < -0.39 is 0 Å². The van der Waals surface area contributed by atoms with E-state index in [-0.39, 0.29) is 0 Å². The maximum Gasteiger partial charge on any atom is 0.194 e. The summed E-state index contributed by atoms with van der Waals surface area (Å²) in [5.41, 5.74) is 1.53. The zero-order chi connectivity index (χ0) is 7.68. The first-order chi connectivity index (χ1) is 5.42. The second kappa shape index (κ2) is 2.23. The molecule has 0 aliphatic rings. The first kappa shape index (κ1) is 6.15. The highest BCUT2D eigenvalue weighted by Crippen LogP contribution is 2.18. The van der Waals surface area contributed by atoms with Crippen molar-refractivity contribution in [2.24, 2.45) is 0 Å². The van der Waals surface area contributed by atoms with Crippen molar-refractivity contribution in [1.82, 2.24) is 9.97 Å². The summed E-state index contributed by atoms with van der Waals surface area (Å²) in [7, 11) is 1.80. The average molecular weight is 149 g/mol. The molecule has 1 N–H and O–H groups in total. The fraction of sp³-hybridized carbons (Fsp3) is 0.143. The summed E-state index contributed by atoms with van der Waals surface area (Å²) in [5.74, 6) is 0.722. The molecule has 0 unspecified atom stereocenters. The minimum atomic E-state index is 0.704. The molecule has 0 amide bonds. The van der Waals surface area contributed by atoms with Crippen LogP contribution in [0.3, 0.4) is 0 Å². The highest BCUT2D eigenvalue weighted by atomic mass is 16.3. The second-order valence-electron chi connectivity index (χ2n) is 2.11. The number of anilines is 1. The molecule has 11 heavy (non-hydrogen) atoms. The van der Waals surface area contributed by atoms with E-state index in [2.05, 4.69) is 15.3 Å². The largest absolute Gasteiger partial charge is 0.459 e. The Morgan fingerprint density at radius 2 is 2.36 bits per heavy atom. The third-order valence-corrected chi connectivity index (χ3v) is 1.48. The van der Waals surface area contributed by atoms with E-state index in [1.54, 1.807) is 19.4 Å². The quantitative estimate of drug-likeness (QED) is 0.663. The third kappa shape index (κ3) is 0.832. The maximum absolute atomic E-state index is 5.15. The van der Waals surface area contributed by atoms with Gasteiger partial charge in [-0.15, -0.1) is 0 Å². The molecule has 2 aromatic rings. The number of hydrogen-bond acceptors (Lipinski definition) is 4. The van der Waals surface area contributed by atoms with Crippen molar-refractivity contribution in [3.63, 3.8) is 0 Å². The number of fused-ring (bicyclic) bond motifs is 1. The minimum Gasteiger partial charge on any atom is -0.459 e. The summed E-state index contributed by atoms with van der Waals surface area (Å²) >= 11 is 0. The Labute approximate surface area is 63.3 Å². The van der Waals surface area contributed by atoms with E-state index >= 15 is 0 Å². The monoisotopic (exact) mass is 149 g/mol. The van der Waals surface area contributed by atoms with E-state index in [1.165, 1.54) is 6.33 Å². The van der Waals surface area contributed by atoms with Gasteiger partial charge in [0, 0.05) is 13.1 Å². The average Bonchev–Trinajstić information content (AvgIpc) is 2.50. The van der Waals surface area contributed by atoms with Crippen LogP contribution in [-0.2, 0) is 0 Å². The molecule has 2 rings (SSSR count). The maximum atomic E-state index is 5.15. The van der Waals surface area contributed by atoms with Gasteiger partial charge in [0.2, 0.25) is 0 Å². The van der Waals surface area contributed by atoms with Crippen LogP contribution in [0.25, 0.3) is 11.1 Å². The summed E-state index contributed by atoms with van der Waals surface area (Å²) in [6, 6.07) is 1.80. The first-order valence-electron chi connectivity index (χ1n) is 3.28. The molecule has 4 nitrogen and oxygen atoms in total. The van der Waals surface area contributed by atoms with Crippen LogP contribution in [0.5, 0.6) is 0 Å². The number of nitrogens with zero attached hydrogens (tertiary/aromatic N) is 2. The fourth-order valence-electron chi connectivity index (χ4n) is 0.967. The third-order valence-electron chi connectivity index (χ3n) is 1.48. The van der Waals surface area contributed by atoms with Crippen LogP contribution in [0, 0.1) is 0 Å². The molecule has 0 spiro atoms. The standard InChI is InChI=1S/C7H7N3O/c1-8-7-6-5(2-3-11-6)9-4-10-7/h2-4H,1H3,(H,8,9,10). The first-order valence-corrected chi connectivity index (χ1v) is 3.28. The summed E-state index contributed by atoms with van der Waals surface area (Å²) in [6.07, 6.45) is 3.10. The lowest BCUT2D eigenvalue weighted by molar-refractivity contribution is 0.615. The topological polar surface area (TPSA) is 51.0 Å². The number of hydrogen-bond donors (Lipinski definition) is 1. The molecule has 0 bridgehead atoms. The number of aromatic nitrogens is 2. The Morgan fingerprint density at radius 1 is 1.45 bits per heavy atom. The highest BCUT2D eigenvalue weighted by molar-refractivity contribution is 5.82. The Kier molecular flexibility index (Phi) is 1.25. The van der Waals surface area contributed by atoms with E-state index in [4.69, 9.17) is 4.42 Å². The predicted molar refractivity (Wildman–Crippen MR) is 41.4 cm³/mol. The zero-order valence-electron chi connectivity index (χ0n) is 6.03. The smallest absolute Gasteiger partial charge is 0.194 e. The van der Waals surface area contributed by atoms with Gasteiger partial charge in [0.05, 0.1) is 6.26 Å². The fourth-order valence-corrected chi connectivity index (χ4v) is 0.967. The molecule has 2 aromatic heterocycles. The van der Waals surface area contributed by atoms with Crippen LogP contribution in [0.4, 0.5) is 5.82 Å². The van der Waals surface area contributed by atoms with Crippen LogP contribution < -0.4 is 5.32 Å². The van der Waals surface area contributed by atoms with Gasteiger partial charge in [-0.3, -0.25) is 0 Å². The van der Waals surface area contributed by atoms with Gasteiger partial charge in [0.15, 0.2) is 11.4 Å². The van der Waals surface area contributed by atoms with E-state index in [0.717, 1.165) is 11.3 Å². The van der Waals surface area contributed by atoms with Crippen molar-refractivity contribution in [1.29, 1.82) is 0 Å². The van der Waals surface area contributed by atoms with Crippen LogP contribution in [-0.4, -0.2) is 17.0 Å². The molecular weight excluding hydrogens is 142 g/mol. The molecule has 0 atom stereocenters. The van der Waals surface area contributed by atoms with Gasteiger partial charge in [0.1, 0.15) is 11.8 Å². The van der Waals surface area contributed by atoms with Crippen LogP contribution >= 0.6 is 0 Å². The van der Waals surface area contributed by atoms with Gasteiger partial charge in [-0.05, 0) is 0 Å². The lowest BCUT2D eigenvalue weighted by atomic mass is 10.4. The molecule has 0 saturated heterocycles. The van der Waals surface area contributed by atoms with Crippen molar-refractivity contribution in [2.45, 2.75) is 0 Å². The molecule has 0 aromatic carbocycles. The summed E-state index contributed by atoms with van der Waals surface area (Å²) in [4.78, 5) is 7.99. The SMILES string of the molecule is CNc1ncnc2ccoc12. The Balaban J connectivity index is 2.79. The van der Waals surface area contributed by atoms with Crippen molar-refractivity contribution < 1.29 is 4.42 Å². The molecule has 0 radical (unpaired) electrons. The van der Waals surface area contributed by atoms with Gasteiger partial charge >= 0.3 is 0 Å². The molecule has 0 aliphatic heterocycles. The zero-order valence-corrected chi connectivity index (χ0v) is 6.03. The summed E-state index contributed by atoms with van der Waals surface area (Å²) < 4.78 is 5.15. The van der Waals surface area contributed by atoms with Gasteiger partial charge in [-0.25, -0.2) is 9.97 Å². The normalized spacial score (nSPS) is 10.3. The van der Waals surface area contributed by atoms with Crippen molar-refractivity contribution in [3.8, 4) is 0 Å². The summed E-state index contributed by atoms with van der Waals surface area (Å²) in [5, 5.41) is 2.91. The predicted octanol–water partition coefficient (Wildman–Crippen LogP) is 1.26. The van der Waals surface area contributed by atoms with Gasteiger partial charge < -0.3 is 9.73 Å². The lowest BCUT2D eigenvalue weighted by Gasteiger charge is -1.96. The van der Waals surface area contributed by atoms with E-state index in [1.807, 2.05) is 0 Å². The molecule has 4 heteroatoms. The van der Waals surface area contributed by atoms with Crippen LogP contribution in [0.2, 0.25) is 0 Å². The molecular formula is C7H7N3O. The molecule has 0 fully saturated rings. The van der Waals surface area contributed by atoms with Crippen LogP contribution in [0.15, 0.2) is 23.1 Å². The van der Waals surface area contributed by atoms with Crippen molar-refractivity contribution in [2.75, 3.05) is 12.4 Å². The Morgan fingerprint density at radius 3 is 3.18 bits per heavy atom. The molecule has 2 heterocycles. The van der Waals surface area contributed by atoms with Crippen LogP contribution in [0.1, 0.15) is 0 Å². The summed E-state index contributed by atoms with van der Waals surface area (Å²) in [6.45, 7) is 0. The Hall–Kier alpha value is -1.58. The van der Waals surface area contributed by atoms with E-state index in [9.17, 15) is 0 Å². The second-order valence-corrected chi connectivity index (χ2v) is 2.11. The highest BCUT2D eigenvalue weighted by Gasteiger charge is 2.02. The molecule has 0 saturated carbocycles. The molecule has 0 aliphatic carbocycles. The number of rotatable bonds is 1. The van der Waals surface area contributed by atoms with Gasteiger partial charge in [0.25, 0.3) is 0 Å². The number of nitrogens with one attached hydrogen (secondary N) is 1. The lowest BCUT2D eigenvalue weighted by Crippen LogP contribution is -1.92. The van der Waals surface area contributed by atoms with Crippen molar-refractivity contribution in [3.05, 3.63) is 18.7 Å². The van der Waals surface area contributed by atoms with Crippen molar-refractivity contribution >= 4 is 16.9 Å². The Bertz CT molecular complexity index is 368. The van der Waals surface area contributed by atoms with Gasteiger partial charge in [-0.2, -0.15) is 0 Å². The van der Waals surface area contributed by atoms with Gasteiger partial charge in [-0.1, -0.05) is 0 Å². The number of furan rings is 1. The minimum absolute atomic E-state index is 0.704. The molecule has 56 valence electrons.